The van der Waals surface area contributed by atoms with E-state index in [1.165, 1.54) is 0 Å². The third-order valence-corrected chi connectivity index (χ3v) is 3.57. The Morgan fingerprint density at radius 1 is 1.50 bits per heavy atom. The van der Waals surface area contributed by atoms with Crippen LogP contribution in [0, 0.1) is 17.8 Å². The minimum absolute atomic E-state index is 0.0330. The van der Waals surface area contributed by atoms with Crippen molar-refractivity contribution >= 4 is 11.8 Å². The van der Waals surface area contributed by atoms with Gasteiger partial charge in [0.15, 0.2) is 5.78 Å². The number of hydrogen-bond donors (Lipinski definition) is 3. The van der Waals surface area contributed by atoms with Crippen LogP contribution in [-0.4, -0.2) is 29.4 Å². The lowest BCUT2D eigenvalue weighted by molar-refractivity contribution is -0.143. The van der Waals surface area contributed by atoms with Crippen molar-refractivity contribution in [3.05, 3.63) is 11.6 Å². The van der Waals surface area contributed by atoms with Gasteiger partial charge in [-0.2, -0.15) is 0 Å². The van der Waals surface area contributed by atoms with Crippen LogP contribution in [0.3, 0.4) is 0 Å². The van der Waals surface area contributed by atoms with E-state index in [9.17, 15) is 9.59 Å². The first-order chi connectivity index (χ1) is 8.36. The number of carboxylic acids is 1. The van der Waals surface area contributed by atoms with Crippen molar-refractivity contribution < 1.29 is 14.7 Å². The average molecular weight is 254 g/mol. The lowest BCUT2D eigenvalue weighted by Crippen LogP contribution is -2.39. The Labute approximate surface area is 107 Å². The third kappa shape index (κ3) is 3.40. The second kappa shape index (κ2) is 6.11. The summed E-state index contributed by atoms with van der Waals surface area (Å²) in [4.78, 5) is 23.0. The summed E-state index contributed by atoms with van der Waals surface area (Å²) in [6, 6.07) is -0.291. The topological polar surface area (TPSA) is 106 Å². The highest BCUT2D eigenvalue weighted by molar-refractivity contribution is 5.98. The van der Waals surface area contributed by atoms with Gasteiger partial charge in [-0.05, 0) is 18.3 Å². The number of carboxylic acid groups (broad SMARTS) is 1. The summed E-state index contributed by atoms with van der Waals surface area (Å²) in [5, 5.41) is 8.91. The summed E-state index contributed by atoms with van der Waals surface area (Å²) in [5.41, 5.74) is 11.9. The SMILES string of the molecule is CC1C=C(C(=O)C[C@H](CN)C(=O)O)C(N)C(C)C1. The highest BCUT2D eigenvalue weighted by Gasteiger charge is 2.30. The van der Waals surface area contributed by atoms with Crippen LogP contribution in [0.4, 0.5) is 0 Å². The summed E-state index contributed by atoms with van der Waals surface area (Å²) in [5.74, 6) is -1.49. The van der Waals surface area contributed by atoms with E-state index >= 15 is 0 Å². The van der Waals surface area contributed by atoms with Gasteiger partial charge in [0.2, 0.25) is 0 Å². The van der Waals surface area contributed by atoms with E-state index in [-0.39, 0.29) is 30.7 Å². The van der Waals surface area contributed by atoms with Crippen molar-refractivity contribution in [3.8, 4) is 0 Å². The molecule has 102 valence electrons. The highest BCUT2D eigenvalue weighted by Crippen LogP contribution is 2.28. The zero-order valence-electron chi connectivity index (χ0n) is 10.9. The molecule has 0 amide bonds. The summed E-state index contributed by atoms with van der Waals surface area (Å²) in [6.45, 7) is 4.01. The summed E-state index contributed by atoms with van der Waals surface area (Å²) in [6.07, 6.45) is 2.77. The van der Waals surface area contributed by atoms with Crippen molar-refractivity contribution in [2.75, 3.05) is 6.54 Å². The van der Waals surface area contributed by atoms with Crippen molar-refractivity contribution in [1.82, 2.24) is 0 Å². The molecular weight excluding hydrogens is 232 g/mol. The number of carbonyl (C=O) groups excluding carboxylic acids is 1. The van der Waals surface area contributed by atoms with Gasteiger partial charge in [-0.15, -0.1) is 0 Å². The van der Waals surface area contributed by atoms with Gasteiger partial charge >= 0.3 is 5.97 Å². The van der Waals surface area contributed by atoms with Gasteiger partial charge in [0.05, 0.1) is 5.92 Å². The zero-order chi connectivity index (χ0) is 13.9. The molecule has 0 aromatic rings. The normalized spacial score (nSPS) is 29.6. The molecular formula is C13H22N2O3. The van der Waals surface area contributed by atoms with Crippen molar-refractivity contribution in [2.24, 2.45) is 29.2 Å². The minimum Gasteiger partial charge on any atom is -0.481 e. The van der Waals surface area contributed by atoms with Gasteiger partial charge in [-0.1, -0.05) is 19.9 Å². The number of aliphatic carboxylic acids is 1. The minimum atomic E-state index is -1.03. The smallest absolute Gasteiger partial charge is 0.308 e. The maximum absolute atomic E-state index is 12.1. The molecule has 0 fully saturated rings. The summed E-state index contributed by atoms with van der Waals surface area (Å²) < 4.78 is 0. The Hall–Kier alpha value is -1.20. The molecule has 1 rings (SSSR count). The van der Waals surface area contributed by atoms with Crippen LogP contribution < -0.4 is 11.5 Å². The number of Topliss-reactive ketones (excluding diaryl/α,β-unsaturated/α-hetero) is 1. The van der Waals surface area contributed by atoms with E-state index in [2.05, 4.69) is 0 Å². The molecule has 18 heavy (non-hydrogen) atoms. The summed E-state index contributed by atoms with van der Waals surface area (Å²) in [7, 11) is 0. The number of allylic oxidation sites excluding steroid dienone is 1. The first kappa shape index (κ1) is 14.9. The first-order valence-corrected chi connectivity index (χ1v) is 6.30. The van der Waals surface area contributed by atoms with E-state index in [1.54, 1.807) is 0 Å². The van der Waals surface area contributed by atoms with Gasteiger partial charge in [0.1, 0.15) is 0 Å². The molecule has 0 saturated heterocycles. The average Bonchev–Trinajstić information content (AvgIpc) is 2.29. The van der Waals surface area contributed by atoms with Crippen LogP contribution in [0.15, 0.2) is 11.6 Å². The Morgan fingerprint density at radius 2 is 2.11 bits per heavy atom. The second-order valence-electron chi connectivity index (χ2n) is 5.24. The lowest BCUT2D eigenvalue weighted by Gasteiger charge is -2.30. The molecule has 1 aliphatic rings. The second-order valence-corrected chi connectivity index (χ2v) is 5.24. The monoisotopic (exact) mass is 254 g/mol. The maximum atomic E-state index is 12.1. The predicted molar refractivity (Wildman–Crippen MR) is 68.8 cm³/mol. The number of nitrogens with two attached hydrogens (primary N) is 2. The van der Waals surface area contributed by atoms with E-state index in [1.807, 2.05) is 19.9 Å². The quantitative estimate of drug-likeness (QED) is 0.663. The molecule has 3 unspecified atom stereocenters. The van der Waals surface area contributed by atoms with E-state index < -0.39 is 11.9 Å². The highest BCUT2D eigenvalue weighted by atomic mass is 16.4. The maximum Gasteiger partial charge on any atom is 0.308 e. The van der Waals surface area contributed by atoms with Crippen molar-refractivity contribution in [2.45, 2.75) is 32.7 Å². The number of ketones is 1. The number of carbonyl (C=O) groups is 2. The summed E-state index contributed by atoms with van der Waals surface area (Å²) >= 11 is 0. The van der Waals surface area contributed by atoms with Gasteiger partial charge in [0, 0.05) is 24.6 Å². The van der Waals surface area contributed by atoms with E-state index in [0.29, 0.717) is 11.5 Å². The van der Waals surface area contributed by atoms with Crippen molar-refractivity contribution in [1.29, 1.82) is 0 Å². The van der Waals surface area contributed by atoms with E-state index in [4.69, 9.17) is 16.6 Å². The molecule has 0 aliphatic heterocycles. The van der Waals surface area contributed by atoms with Crippen molar-refractivity contribution in [3.63, 3.8) is 0 Å². The first-order valence-electron chi connectivity index (χ1n) is 6.30. The Kier molecular flexibility index (Phi) is 5.04. The van der Waals surface area contributed by atoms with Gasteiger partial charge in [-0.25, -0.2) is 0 Å². The molecule has 0 radical (unpaired) electrons. The fourth-order valence-corrected chi connectivity index (χ4v) is 2.42. The number of hydrogen-bond acceptors (Lipinski definition) is 4. The zero-order valence-corrected chi connectivity index (χ0v) is 10.9. The van der Waals surface area contributed by atoms with E-state index in [0.717, 1.165) is 6.42 Å². The van der Waals surface area contributed by atoms with Crippen LogP contribution in [0.1, 0.15) is 26.7 Å². The Balaban J connectivity index is 2.79. The third-order valence-electron chi connectivity index (χ3n) is 3.57. The molecule has 0 bridgehead atoms. The predicted octanol–water partition coefficient (Wildman–Crippen LogP) is 0.535. The standard InChI is InChI=1S/C13H22N2O3/c1-7-3-8(2)12(15)10(4-7)11(16)5-9(6-14)13(17)18/h4,7-9,12H,3,5-6,14-15H2,1-2H3,(H,17,18)/t7?,8?,9-,12?/m1/s1. The molecule has 5 heteroatoms. The Morgan fingerprint density at radius 3 is 2.61 bits per heavy atom. The fourth-order valence-electron chi connectivity index (χ4n) is 2.42. The van der Waals surface area contributed by atoms with Gasteiger partial charge in [-0.3, -0.25) is 9.59 Å². The van der Waals surface area contributed by atoms with Crippen LogP contribution in [0.2, 0.25) is 0 Å². The molecule has 4 atom stereocenters. The van der Waals surface area contributed by atoms with Crippen LogP contribution in [0.5, 0.6) is 0 Å². The molecule has 0 aromatic carbocycles. The Bertz CT molecular complexity index is 365. The van der Waals surface area contributed by atoms with Crippen LogP contribution >= 0.6 is 0 Å². The van der Waals surface area contributed by atoms with Crippen LogP contribution in [0.25, 0.3) is 0 Å². The molecule has 0 aromatic heterocycles. The molecule has 5 nitrogen and oxygen atoms in total. The largest absolute Gasteiger partial charge is 0.481 e. The number of rotatable bonds is 5. The van der Waals surface area contributed by atoms with Gasteiger partial charge < -0.3 is 16.6 Å². The molecule has 1 aliphatic carbocycles. The fraction of sp³-hybridized carbons (Fsp3) is 0.692. The lowest BCUT2D eigenvalue weighted by atomic mass is 9.78. The van der Waals surface area contributed by atoms with Gasteiger partial charge in [0.25, 0.3) is 0 Å². The molecule has 0 saturated carbocycles. The molecule has 0 spiro atoms. The molecule has 5 N–H and O–H groups in total. The molecule has 0 heterocycles. The van der Waals surface area contributed by atoms with Crippen LogP contribution in [-0.2, 0) is 9.59 Å².